The van der Waals surface area contributed by atoms with Crippen LogP contribution in [0.5, 0.6) is 0 Å². The number of aliphatic hydroxyl groups excluding tert-OH is 1. The molecular weight excluding hydrogens is 386 g/mol. The van der Waals surface area contributed by atoms with E-state index in [2.05, 4.69) is 66.8 Å². The number of halogens is 1. The summed E-state index contributed by atoms with van der Waals surface area (Å²) < 4.78 is 3.53. The Morgan fingerprint density at radius 1 is 1.17 bits per heavy atom. The molecule has 1 fully saturated rings. The van der Waals surface area contributed by atoms with Crippen molar-refractivity contribution in [3.63, 3.8) is 0 Å². The Morgan fingerprint density at radius 2 is 2.00 bits per heavy atom. The molecule has 2 aromatic rings. The van der Waals surface area contributed by atoms with Crippen LogP contribution in [0.4, 0.5) is 0 Å². The van der Waals surface area contributed by atoms with E-state index in [4.69, 9.17) is 5.11 Å². The number of aromatic nitrogens is 1. The number of hydrogen-bond acceptors (Lipinski definition) is 4. The Morgan fingerprint density at radius 3 is 2.79 bits per heavy atom. The lowest BCUT2D eigenvalue weighted by molar-refractivity contribution is 0.0758. The van der Waals surface area contributed by atoms with E-state index in [1.165, 1.54) is 15.5 Å². The highest BCUT2D eigenvalue weighted by atomic mass is 79.9. The van der Waals surface area contributed by atoms with Crippen molar-refractivity contribution in [1.29, 1.82) is 0 Å². The number of rotatable bonds is 3. The fraction of sp³-hybridized carbons (Fsp3) is 0.444. The van der Waals surface area contributed by atoms with E-state index in [-0.39, 0.29) is 6.61 Å². The van der Waals surface area contributed by atoms with Gasteiger partial charge in [0.05, 0.1) is 17.7 Å². The Labute approximate surface area is 155 Å². The van der Waals surface area contributed by atoms with Crippen LogP contribution in [0.2, 0.25) is 0 Å². The van der Waals surface area contributed by atoms with E-state index in [1.807, 2.05) is 11.8 Å². The minimum atomic E-state index is 0.253. The van der Waals surface area contributed by atoms with Gasteiger partial charge in [0.1, 0.15) is 0 Å². The van der Waals surface area contributed by atoms with E-state index in [0.717, 1.165) is 43.7 Å². The molecule has 0 aliphatic carbocycles. The SMILES string of the molecule is OCCN1CCN([C@@H]2Cn3cccc3Sc3ccc(Br)cc32)CC1. The summed E-state index contributed by atoms with van der Waals surface area (Å²) >= 11 is 5.52. The minimum Gasteiger partial charge on any atom is -0.395 e. The van der Waals surface area contributed by atoms with Crippen molar-refractivity contribution < 1.29 is 5.11 Å². The van der Waals surface area contributed by atoms with Crippen LogP contribution in [0.25, 0.3) is 0 Å². The summed E-state index contributed by atoms with van der Waals surface area (Å²) in [6.07, 6.45) is 2.19. The van der Waals surface area contributed by atoms with Crippen molar-refractivity contribution in [3.8, 4) is 0 Å². The summed E-state index contributed by atoms with van der Waals surface area (Å²) in [5.41, 5.74) is 1.42. The van der Waals surface area contributed by atoms with Crippen LogP contribution in [0.1, 0.15) is 11.6 Å². The average Bonchev–Trinajstić information content (AvgIpc) is 2.96. The van der Waals surface area contributed by atoms with Gasteiger partial charge in [-0.3, -0.25) is 9.80 Å². The van der Waals surface area contributed by atoms with Crippen molar-refractivity contribution in [2.45, 2.75) is 22.5 Å². The molecule has 1 N–H and O–H groups in total. The van der Waals surface area contributed by atoms with Crippen LogP contribution in [-0.2, 0) is 6.54 Å². The first kappa shape index (κ1) is 16.7. The maximum Gasteiger partial charge on any atom is 0.0797 e. The molecule has 0 radical (unpaired) electrons. The third kappa shape index (κ3) is 3.30. The van der Waals surface area contributed by atoms with Gasteiger partial charge in [0.25, 0.3) is 0 Å². The molecule has 0 bridgehead atoms. The first-order valence-electron chi connectivity index (χ1n) is 8.44. The number of benzene rings is 1. The molecular formula is C18H22BrN3OS. The molecule has 2 aliphatic rings. The molecule has 4 rings (SSSR count). The van der Waals surface area contributed by atoms with Gasteiger partial charge in [0, 0.05) is 54.8 Å². The summed E-state index contributed by atoms with van der Waals surface area (Å²) in [6, 6.07) is 11.4. The van der Waals surface area contributed by atoms with Crippen LogP contribution in [0, 0.1) is 0 Å². The molecule has 0 unspecified atom stereocenters. The lowest BCUT2D eigenvalue weighted by Crippen LogP contribution is -2.48. The molecule has 0 amide bonds. The Balaban J connectivity index is 1.63. The number of hydrogen-bond donors (Lipinski definition) is 1. The number of β-amino-alcohol motifs (C(OH)–C–C–N with tert-alkyl or cyclic N) is 1. The van der Waals surface area contributed by atoms with Crippen LogP contribution < -0.4 is 0 Å². The smallest absolute Gasteiger partial charge is 0.0797 e. The molecule has 128 valence electrons. The maximum absolute atomic E-state index is 9.15. The number of piperazine rings is 1. The lowest BCUT2D eigenvalue weighted by atomic mass is 10.0. The van der Waals surface area contributed by atoms with E-state index in [1.54, 1.807) is 0 Å². The quantitative estimate of drug-likeness (QED) is 0.846. The second kappa shape index (κ2) is 7.22. The van der Waals surface area contributed by atoms with Crippen LogP contribution in [0.3, 0.4) is 0 Å². The molecule has 2 aliphatic heterocycles. The van der Waals surface area contributed by atoms with E-state index in [0.29, 0.717) is 6.04 Å². The van der Waals surface area contributed by atoms with Crippen LogP contribution in [0.15, 0.2) is 50.9 Å². The molecule has 4 nitrogen and oxygen atoms in total. The highest BCUT2D eigenvalue weighted by Gasteiger charge is 2.29. The molecule has 1 aromatic carbocycles. The second-order valence-electron chi connectivity index (χ2n) is 6.40. The van der Waals surface area contributed by atoms with E-state index in [9.17, 15) is 0 Å². The average molecular weight is 408 g/mol. The van der Waals surface area contributed by atoms with Crippen molar-refractivity contribution in [1.82, 2.24) is 14.4 Å². The molecule has 1 aromatic heterocycles. The summed E-state index contributed by atoms with van der Waals surface area (Å²) in [6.45, 7) is 6.22. The van der Waals surface area contributed by atoms with Crippen molar-refractivity contribution in [2.24, 2.45) is 0 Å². The Hall–Kier alpha value is -0.790. The summed E-state index contributed by atoms with van der Waals surface area (Å²) in [4.78, 5) is 6.32. The third-order valence-corrected chi connectivity index (χ3v) is 6.63. The normalized spacial score (nSPS) is 22.0. The monoisotopic (exact) mass is 407 g/mol. The van der Waals surface area contributed by atoms with Crippen LogP contribution >= 0.6 is 27.7 Å². The molecule has 24 heavy (non-hydrogen) atoms. The van der Waals surface area contributed by atoms with Crippen molar-refractivity contribution >= 4 is 27.7 Å². The predicted molar refractivity (Wildman–Crippen MR) is 101 cm³/mol. The van der Waals surface area contributed by atoms with Crippen LogP contribution in [-0.4, -0.2) is 58.8 Å². The van der Waals surface area contributed by atoms with E-state index < -0.39 is 0 Å². The van der Waals surface area contributed by atoms with Crippen molar-refractivity contribution in [2.75, 3.05) is 39.3 Å². The number of fused-ring (bicyclic) bond motifs is 2. The maximum atomic E-state index is 9.15. The second-order valence-corrected chi connectivity index (χ2v) is 8.38. The zero-order valence-corrected chi connectivity index (χ0v) is 16.0. The topological polar surface area (TPSA) is 31.6 Å². The van der Waals surface area contributed by atoms with Crippen molar-refractivity contribution in [3.05, 3.63) is 46.6 Å². The molecule has 0 saturated carbocycles. The first-order valence-corrected chi connectivity index (χ1v) is 10.1. The summed E-state index contributed by atoms with van der Waals surface area (Å²) in [5.74, 6) is 0. The fourth-order valence-corrected chi connectivity index (χ4v) is 5.12. The first-order chi connectivity index (χ1) is 11.7. The van der Waals surface area contributed by atoms with Gasteiger partial charge in [-0.15, -0.1) is 0 Å². The lowest BCUT2D eigenvalue weighted by Gasteiger charge is -2.39. The zero-order valence-electron chi connectivity index (χ0n) is 13.6. The summed E-state index contributed by atoms with van der Waals surface area (Å²) in [7, 11) is 0. The minimum absolute atomic E-state index is 0.253. The van der Waals surface area contributed by atoms with Gasteiger partial charge in [0.2, 0.25) is 0 Å². The van der Waals surface area contributed by atoms with Gasteiger partial charge in [-0.2, -0.15) is 0 Å². The van der Waals surface area contributed by atoms with Gasteiger partial charge >= 0.3 is 0 Å². The van der Waals surface area contributed by atoms with Gasteiger partial charge in [0.15, 0.2) is 0 Å². The van der Waals surface area contributed by atoms with Gasteiger partial charge in [-0.25, -0.2) is 0 Å². The standard InChI is InChI=1S/C18H22BrN3OS/c19-14-3-4-17-15(12-14)16(13-22-5-1-2-18(22)24-17)21-8-6-20(7-9-21)10-11-23/h1-5,12,16,23H,6-11,13H2/t16-/m1/s1. The Kier molecular flexibility index (Phi) is 5.01. The summed E-state index contributed by atoms with van der Waals surface area (Å²) in [5, 5.41) is 10.5. The van der Waals surface area contributed by atoms with Gasteiger partial charge in [-0.05, 0) is 35.9 Å². The zero-order chi connectivity index (χ0) is 16.5. The largest absolute Gasteiger partial charge is 0.395 e. The molecule has 1 saturated heterocycles. The van der Waals surface area contributed by atoms with Gasteiger partial charge in [-0.1, -0.05) is 27.7 Å². The highest BCUT2D eigenvalue weighted by molar-refractivity contribution is 9.10. The third-order valence-electron chi connectivity index (χ3n) is 4.97. The fourth-order valence-electron chi connectivity index (χ4n) is 3.66. The molecule has 1 atom stereocenters. The molecule has 3 heterocycles. The number of aliphatic hydroxyl groups is 1. The molecule has 0 spiro atoms. The Bertz CT molecular complexity index is 712. The predicted octanol–water partition coefficient (Wildman–Crippen LogP) is 3.07. The molecule has 6 heteroatoms. The number of nitrogens with zero attached hydrogens (tertiary/aromatic N) is 3. The van der Waals surface area contributed by atoms with E-state index >= 15 is 0 Å². The van der Waals surface area contributed by atoms with Gasteiger partial charge < -0.3 is 9.67 Å². The highest BCUT2D eigenvalue weighted by Crippen LogP contribution is 2.41.